The van der Waals surface area contributed by atoms with Crippen molar-refractivity contribution in [3.8, 4) is 18.1 Å². The monoisotopic (exact) mass is 339 g/mol. The van der Waals surface area contributed by atoms with Crippen LogP contribution in [0.2, 0.25) is 0 Å². The third-order valence-corrected chi connectivity index (χ3v) is 2.62. The maximum Gasteiger partial charge on any atom is 0.309 e. The standard InChI is InChI=1S/C14H14BrNO4/c1-2-7-16-13(17)10-20-14(18)6-8-19-12-5-3-4-11(15)9-12/h1,3-5,9H,6-8,10H2,(H,16,17). The molecule has 5 nitrogen and oxygen atoms in total. The Morgan fingerprint density at radius 2 is 2.20 bits per heavy atom. The highest BCUT2D eigenvalue weighted by Gasteiger charge is 2.07. The van der Waals surface area contributed by atoms with Crippen molar-refractivity contribution in [1.82, 2.24) is 5.32 Å². The number of amides is 1. The van der Waals surface area contributed by atoms with E-state index in [4.69, 9.17) is 15.9 Å². The predicted octanol–water partition coefficient (Wildman–Crippen LogP) is 1.51. The lowest BCUT2D eigenvalue weighted by atomic mass is 10.3. The lowest BCUT2D eigenvalue weighted by Gasteiger charge is -2.07. The van der Waals surface area contributed by atoms with Crippen LogP contribution in [0.25, 0.3) is 0 Å². The van der Waals surface area contributed by atoms with E-state index in [0.29, 0.717) is 5.75 Å². The van der Waals surface area contributed by atoms with Crippen molar-refractivity contribution >= 4 is 27.8 Å². The molecule has 6 heteroatoms. The number of ether oxygens (including phenoxy) is 2. The van der Waals surface area contributed by atoms with Crippen LogP contribution in [0.4, 0.5) is 0 Å². The van der Waals surface area contributed by atoms with Crippen LogP contribution in [0.1, 0.15) is 6.42 Å². The van der Waals surface area contributed by atoms with Crippen molar-refractivity contribution in [2.24, 2.45) is 0 Å². The third kappa shape index (κ3) is 6.81. The maximum atomic E-state index is 11.3. The highest BCUT2D eigenvalue weighted by atomic mass is 79.9. The summed E-state index contributed by atoms with van der Waals surface area (Å²) < 4.78 is 11.0. The molecule has 0 bridgehead atoms. The minimum absolute atomic E-state index is 0.0644. The Kier molecular flexibility index (Phi) is 7.22. The van der Waals surface area contributed by atoms with E-state index in [-0.39, 0.29) is 26.2 Å². The minimum Gasteiger partial charge on any atom is -0.493 e. The molecule has 1 rings (SSSR count). The number of rotatable bonds is 7. The van der Waals surface area contributed by atoms with E-state index in [1.54, 1.807) is 12.1 Å². The number of hydrogen-bond donors (Lipinski definition) is 1. The summed E-state index contributed by atoms with van der Waals surface area (Å²) in [6.45, 7) is -0.0406. The lowest BCUT2D eigenvalue weighted by Crippen LogP contribution is -2.29. The number of nitrogens with one attached hydrogen (secondary N) is 1. The van der Waals surface area contributed by atoms with Crippen LogP contribution < -0.4 is 10.1 Å². The van der Waals surface area contributed by atoms with Gasteiger partial charge in [-0.05, 0) is 18.2 Å². The van der Waals surface area contributed by atoms with Gasteiger partial charge in [-0.3, -0.25) is 9.59 Å². The zero-order valence-corrected chi connectivity index (χ0v) is 12.3. The molecule has 0 unspecified atom stereocenters. The van der Waals surface area contributed by atoms with Gasteiger partial charge in [0.1, 0.15) is 5.75 Å². The van der Waals surface area contributed by atoms with Crippen molar-refractivity contribution in [2.45, 2.75) is 6.42 Å². The summed E-state index contributed by atoms with van der Waals surface area (Å²) >= 11 is 3.31. The van der Waals surface area contributed by atoms with E-state index in [0.717, 1.165) is 4.47 Å². The highest BCUT2D eigenvalue weighted by molar-refractivity contribution is 9.10. The summed E-state index contributed by atoms with van der Waals surface area (Å²) in [6.07, 6.45) is 5.04. The van der Waals surface area contributed by atoms with Gasteiger partial charge in [0, 0.05) is 4.47 Å². The minimum atomic E-state index is -0.504. The Bertz CT molecular complexity index is 510. The predicted molar refractivity (Wildman–Crippen MR) is 77.1 cm³/mol. The number of hydrogen-bond acceptors (Lipinski definition) is 4. The Morgan fingerprint density at radius 3 is 2.90 bits per heavy atom. The van der Waals surface area contributed by atoms with Gasteiger partial charge in [0.25, 0.3) is 5.91 Å². The second-order valence-corrected chi connectivity index (χ2v) is 4.61. The maximum absolute atomic E-state index is 11.3. The van der Waals surface area contributed by atoms with Crippen LogP contribution in [-0.4, -0.2) is 31.6 Å². The zero-order chi connectivity index (χ0) is 14.8. The molecular formula is C14H14BrNO4. The number of benzene rings is 1. The average molecular weight is 340 g/mol. The van der Waals surface area contributed by atoms with Crippen LogP contribution in [-0.2, 0) is 14.3 Å². The first kappa shape index (κ1) is 16.1. The third-order valence-electron chi connectivity index (χ3n) is 2.12. The Hall–Kier alpha value is -2.00. The summed E-state index contributed by atoms with van der Waals surface area (Å²) in [4.78, 5) is 22.5. The number of terminal acetylenes is 1. The van der Waals surface area contributed by atoms with Gasteiger partial charge in [0.2, 0.25) is 0 Å². The van der Waals surface area contributed by atoms with Gasteiger partial charge in [-0.15, -0.1) is 6.42 Å². The first-order valence-corrected chi connectivity index (χ1v) is 6.65. The summed E-state index contributed by atoms with van der Waals surface area (Å²) in [7, 11) is 0. The molecule has 0 atom stereocenters. The van der Waals surface area contributed by atoms with Gasteiger partial charge in [-0.1, -0.05) is 27.9 Å². The molecule has 1 N–H and O–H groups in total. The van der Waals surface area contributed by atoms with Crippen LogP contribution in [0.15, 0.2) is 28.7 Å². The van der Waals surface area contributed by atoms with E-state index in [1.165, 1.54) is 0 Å². The summed E-state index contributed by atoms with van der Waals surface area (Å²) in [5.41, 5.74) is 0. The van der Waals surface area contributed by atoms with Gasteiger partial charge >= 0.3 is 5.97 Å². The fourth-order valence-electron chi connectivity index (χ4n) is 1.23. The summed E-state index contributed by atoms with van der Waals surface area (Å²) in [5, 5.41) is 2.39. The van der Waals surface area contributed by atoms with Crippen molar-refractivity contribution in [2.75, 3.05) is 19.8 Å². The quantitative estimate of drug-likeness (QED) is 0.604. The lowest BCUT2D eigenvalue weighted by molar-refractivity contribution is -0.148. The van der Waals surface area contributed by atoms with Crippen LogP contribution in [0.3, 0.4) is 0 Å². The number of halogens is 1. The Labute approximate surface area is 125 Å². The zero-order valence-electron chi connectivity index (χ0n) is 10.7. The van der Waals surface area contributed by atoms with Crippen molar-refractivity contribution in [1.29, 1.82) is 0 Å². The van der Waals surface area contributed by atoms with Crippen LogP contribution >= 0.6 is 15.9 Å². The number of carbonyl (C=O) groups excluding carboxylic acids is 2. The molecule has 106 valence electrons. The van der Waals surface area contributed by atoms with E-state index in [1.807, 2.05) is 12.1 Å². The summed E-state index contributed by atoms with van der Waals surface area (Å²) in [6, 6.07) is 7.27. The van der Waals surface area contributed by atoms with Crippen LogP contribution in [0.5, 0.6) is 5.75 Å². The van der Waals surface area contributed by atoms with Gasteiger partial charge < -0.3 is 14.8 Å². The molecular weight excluding hydrogens is 326 g/mol. The molecule has 0 aliphatic rings. The SMILES string of the molecule is C#CCNC(=O)COC(=O)CCOc1cccc(Br)c1. The largest absolute Gasteiger partial charge is 0.493 e. The fourth-order valence-corrected chi connectivity index (χ4v) is 1.61. The molecule has 1 aromatic rings. The molecule has 20 heavy (non-hydrogen) atoms. The van der Waals surface area contributed by atoms with E-state index < -0.39 is 11.9 Å². The second-order valence-electron chi connectivity index (χ2n) is 3.70. The van der Waals surface area contributed by atoms with Crippen molar-refractivity contribution < 1.29 is 19.1 Å². The highest BCUT2D eigenvalue weighted by Crippen LogP contribution is 2.17. The van der Waals surface area contributed by atoms with Crippen molar-refractivity contribution in [3.05, 3.63) is 28.7 Å². The van der Waals surface area contributed by atoms with Gasteiger partial charge in [0.15, 0.2) is 6.61 Å². The first-order chi connectivity index (χ1) is 9.61. The average Bonchev–Trinajstić information content (AvgIpc) is 2.43. The second kappa shape index (κ2) is 8.99. The van der Waals surface area contributed by atoms with E-state index in [9.17, 15) is 9.59 Å². The normalized spacial score (nSPS) is 9.40. The molecule has 0 heterocycles. The topological polar surface area (TPSA) is 64.6 Å². The number of carbonyl (C=O) groups is 2. The van der Waals surface area contributed by atoms with Gasteiger partial charge in [0.05, 0.1) is 19.6 Å². The molecule has 0 spiro atoms. The first-order valence-electron chi connectivity index (χ1n) is 5.86. The van der Waals surface area contributed by atoms with E-state index in [2.05, 4.69) is 27.2 Å². The molecule has 1 aromatic carbocycles. The van der Waals surface area contributed by atoms with Gasteiger partial charge in [-0.25, -0.2) is 0 Å². The molecule has 0 aliphatic heterocycles. The molecule has 0 fully saturated rings. The molecule has 0 saturated carbocycles. The Morgan fingerprint density at radius 1 is 1.40 bits per heavy atom. The number of esters is 1. The molecule has 0 aliphatic carbocycles. The molecule has 0 saturated heterocycles. The smallest absolute Gasteiger partial charge is 0.309 e. The molecule has 0 radical (unpaired) electrons. The Balaban J connectivity index is 2.17. The summed E-state index contributed by atoms with van der Waals surface area (Å²) in [5.74, 6) is 1.97. The molecule has 1 amide bonds. The molecule has 0 aromatic heterocycles. The fraction of sp³-hybridized carbons (Fsp3) is 0.286. The van der Waals surface area contributed by atoms with E-state index >= 15 is 0 Å². The van der Waals surface area contributed by atoms with Gasteiger partial charge in [-0.2, -0.15) is 0 Å². The van der Waals surface area contributed by atoms with Crippen LogP contribution in [0, 0.1) is 12.3 Å². The van der Waals surface area contributed by atoms with Crippen molar-refractivity contribution in [3.63, 3.8) is 0 Å².